The van der Waals surface area contributed by atoms with Crippen LogP contribution in [0.5, 0.6) is 11.5 Å². The number of carbonyl (C=O) groups excluding carboxylic acids is 1. The molecule has 0 radical (unpaired) electrons. The summed E-state index contributed by atoms with van der Waals surface area (Å²) in [5.74, 6) is 1.37. The molecule has 0 aromatic heterocycles. The van der Waals surface area contributed by atoms with Crippen LogP contribution in [0.15, 0.2) is 18.2 Å². The lowest BCUT2D eigenvalue weighted by Gasteiger charge is -2.29. The number of ether oxygens (including phenoxy) is 2. The average molecular weight is 381 g/mol. The number of amides is 1. The van der Waals surface area contributed by atoms with Crippen molar-refractivity contribution in [2.75, 3.05) is 7.11 Å². The molecule has 2 N–H and O–H groups in total. The maximum Gasteiger partial charge on any atom is 0.251 e. The fraction of sp³-hybridized carbons (Fsp3) is 0.650. The van der Waals surface area contributed by atoms with E-state index in [4.69, 9.17) is 9.47 Å². The van der Waals surface area contributed by atoms with E-state index in [9.17, 15) is 4.79 Å². The van der Waals surface area contributed by atoms with E-state index in [0.29, 0.717) is 23.4 Å². The highest BCUT2D eigenvalue weighted by molar-refractivity contribution is 5.95. The number of methoxy groups -OCH3 is 1. The van der Waals surface area contributed by atoms with Crippen LogP contribution in [0.2, 0.25) is 0 Å². The molecule has 2 bridgehead atoms. The standard InChI is InChI=1S/C20H28N2O3.ClH/c1-24-19-10-13(6-9-18(19)25-17-4-2-3-5-17)20(23)22-16-11-14-7-8-15(12-16)21-14;/h6,9-10,14-17,21H,2-5,7-8,11-12H2,1H3,(H,22,23);1H. The Labute approximate surface area is 161 Å². The minimum absolute atomic E-state index is 0. The Balaban J connectivity index is 0.00000196. The molecule has 2 atom stereocenters. The summed E-state index contributed by atoms with van der Waals surface area (Å²) in [5.41, 5.74) is 0.640. The van der Waals surface area contributed by atoms with Crippen LogP contribution < -0.4 is 20.1 Å². The highest BCUT2D eigenvalue weighted by atomic mass is 35.5. The smallest absolute Gasteiger partial charge is 0.251 e. The minimum atomic E-state index is -0.0167. The van der Waals surface area contributed by atoms with Crippen molar-refractivity contribution in [3.8, 4) is 11.5 Å². The normalized spacial score (nSPS) is 27.7. The number of nitrogens with one attached hydrogen (secondary N) is 2. The van der Waals surface area contributed by atoms with Gasteiger partial charge in [-0.1, -0.05) is 0 Å². The minimum Gasteiger partial charge on any atom is -0.493 e. The fourth-order valence-corrected chi connectivity index (χ4v) is 4.54. The Morgan fingerprint density at radius 2 is 1.77 bits per heavy atom. The van der Waals surface area contributed by atoms with Gasteiger partial charge in [0.25, 0.3) is 5.91 Å². The predicted molar refractivity (Wildman–Crippen MR) is 104 cm³/mol. The molecule has 144 valence electrons. The molecule has 4 rings (SSSR count). The maximum atomic E-state index is 12.6. The van der Waals surface area contributed by atoms with E-state index in [0.717, 1.165) is 31.4 Å². The van der Waals surface area contributed by atoms with E-state index < -0.39 is 0 Å². The molecule has 0 spiro atoms. The molecule has 6 heteroatoms. The van der Waals surface area contributed by atoms with Crippen molar-refractivity contribution in [3.05, 3.63) is 23.8 Å². The van der Waals surface area contributed by atoms with E-state index in [1.807, 2.05) is 12.1 Å². The van der Waals surface area contributed by atoms with Crippen molar-refractivity contribution >= 4 is 18.3 Å². The number of rotatable bonds is 5. The highest BCUT2D eigenvalue weighted by Gasteiger charge is 2.34. The van der Waals surface area contributed by atoms with Gasteiger partial charge in [-0.25, -0.2) is 0 Å². The van der Waals surface area contributed by atoms with Gasteiger partial charge >= 0.3 is 0 Å². The largest absolute Gasteiger partial charge is 0.493 e. The van der Waals surface area contributed by atoms with Gasteiger partial charge in [-0.05, 0) is 69.6 Å². The zero-order valence-corrected chi connectivity index (χ0v) is 16.1. The molecule has 3 aliphatic rings. The Hall–Kier alpha value is -1.46. The summed E-state index contributed by atoms with van der Waals surface area (Å²) in [6, 6.07) is 6.93. The van der Waals surface area contributed by atoms with E-state index in [1.165, 1.54) is 25.7 Å². The summed E-state index contributed by atoms with van der Waals surface area (Å²) in [6.45, 7) is 0. The van der Waals surface area contributed by atoms with Crippen molar-refractivity contribution in [1.82, 2.24) is 10.6 Å². The molecule has 1 aliphatic carbocycles. The van der Waals surface area contributed by atoms with Gasteiger partial charge in [0, 0.05) is 23.7 Å². The molecule has 2 unspecified atom stereocenters. The lowest BCUT2D eigenvalue weighted by atomic mass is 9.99. The number of piperidine rings is 1. The molecule has 2 aliphatic heterocycles. The summed E-state index contributed by atoms with van der Waals surface area (Å²) in [7, 11) is 1.63. The molecule has 2 heterocycles. The van der Waals surface area contributed by atoms with Crippen LogP contribution in [0.1, 0.15) is 61.7 Å². The molecule has 1 aromatic carbocycles. The lowest BCUT2D eigenvalue weighted by Crippen LogP contribution is -2.48. The van der Waals surface area contributed by atoms with Crippen molar-refractivity contribution < 1.29 is 14.3 Å². The Morgan fingerprint density at radius 1 is 1.08 bits per heavy atom. The Morgan fingerprint density at radius 3 is 2.42 bits per heavy atom. The summed E-state index contributed by atoms with van der Waals surface area (Å²) < 4.78 is 11.5. The second-order valence-electron chi connectivity index (χ2n) is 7.67. The number of hydrogen-bond acceptors (Lipinski definition) is 4. The van der Waals surface area contributed by atoms with Gasteiger partial charge in [0.05, 0.1) is 13.2 Å². The van der Waals surface area contributed by atoms with Crippen LogP contribution >= 0.6 is 12.4 Å². The van der Waals surface area contributed by atoms with Gasteiger partial charge in [-0.3, -0.25) is 4.79 Å². The van der Waals surface area contributed by atoms with Gasteiger partial charge in [-0.15, -0.1) is 12.4 Å². The topological polar surface area (TPSA) is 59.6 Å². The van der Waals surface area contributed by atoms with Crippen molar-refractivity contribution in [1.29, 1.82) is 0 Å². The highest BCUT2D eigenvalue weighted by Crippen LogP contribution is 2.32. The van der Waals surface area contributed by atoms with E-state index in [-0.39, 0.29) is 30.5 Å². The Kier molecular flexibility index (Phi) is 6.30. The number of carbonyl (C=O) groups is 1. The second kappa shape index (κ2) is 8.49. The van der Waals surface area contributed by atoms with Crippen LogP contribution in [-0.4, -0.2) is 37.2 Å². The first-order chi connectivity index (χ1) is 12.2. The lowest BCUT2D eigenvalue weighted by molar-refractivity contribution is 0.0923. The first-order valence-electron chi connectivity index (χ1n) is 9.63. The van der Waals surface area contributed by atoms with Gasteiger partial charge in [0.1, 0.15) is 0 Å². The number of benzene rings is 1. The maximum absolute atomic E-state index is 12.6. The molecular weight excluding hydrogens is 352 g/mol. The van der Waals surface area contributed by atoms with Crippen LogP contribution in [-0.2, 0) is 0 Å². The zero-order chi connectivity index (χ0) is 17.2. The number of fused-ring (bicyclic) bond motifs is 2. The summed E-state index contributed by atoms with van der Waals surface area (Å²) >= 11 is 0. The van der Waals surface area contributed by atoms with Crippen LogP contribution in [0.3, 0.4) is 0 Å². The monoisotopic (exact) mass is 380 g/mol. The van der Waals surface area contributed by atoms with Crippen molar-refractivity contribution in [2.24, 2.45) is 0 Å². The van der Waals surface area contributed by atoms with Gasteiger partial charge in [-0.2, -0.15) is 0 Å². The molecular formula is C20H29ClN2O3. The molecule has 1 aromatic rings. The third kappa shape index (κ3) is 4.26. The van der Waals surface area contributed by atoms with E-state index in [2.05, 4.69) is 10.6 Å². The fourth-order valence-electron chi connectivity index (χ4n) is 4.54. The van der Waals surface area contributed by atoms with Crippen LogP contribution in [0, 0.1) is 0 Å². The molecule has 26 heavy (non-hydrogen) atoms. The van der Waals surface area contributed by atoms with Gasteiger partial charge < -0.3 is 20.1 Å². The first kappa shape index (κ1) is 19.3. The van der Waals surface area contributed by atoms with Crippen LogP contribution in [0.25, 0.3) is 0 Å². The summed E-state index contributed by atoms with van der Waals surface area (Å²) in [6.07, 6.45) is 9.46. The second-order valence-corrected chi connectivity index (χ2v) is 7.67. The molecule has 1 amide bonds. The number of halogens is 1. The number of hydrogen-bond donors (Lipinski definition) is 2. The SMILES string of the molecule is COc1cc(C(=O)NC2CC3CCC(C2)N3)ccc1OC1CCCC1.Cl. The molecule has 3 fully saturated rings. The third-order valence-corrected chi connectivity index (χ3v) is 5.83. The van der Waals surface area contributed by atoms with Gasteiger partial charge in [0.2, 0.25) is 0 Å². The predicted octanol–water partition coefficient (Wildman–Crippen LogP) is 3.45. The quantitative estimate of drug-likeness (QED) is 0.821. The van der Waals surface area contributed by atoms with Gasteiger partial charge in [0.15, 0.2) is 11.5 Å². The summed E-state index contributed by atoms with van der Waals surface area (Å²) in [5, 5.41) is 6.81. The van der Waals surface area contributed by atoms with E-state index >= 15 is 0 Å². The Bertz CT molecular complexity index is 621. The first-order valence-corrected chi connectivity index (χ1v) is 9.63. The van der Waals surface area contributed by atoms with Crippen LogP contribution in [0.4, 0.5) is 0 Å². The molecule has 5 nitrogen and oxygen atoms in total. The molecule has 1 saturated carbocycles. The summed E-state index contributed by atoms with van der Waals surface area (Å²) in [4.78, 5) is 12.6. The average Bonchev–Trinajstić information content (AvgIpc) is 3.24. The third-order valence-electron chi connectivity index (χ3n) is 5.83. The van der Waals surface area contributed by atoms with Crippen molar-refractivity contribution in [3.63, 3.8) is 0 Å². The van der Waals surface area contributed by atoms with Crippen molar-refractivity contribution in [2.45, 2.75) is 75.6 Å². The zero-order valence-electron chi connectivity index (χ0n) is 15.3. The molecule has 2 saturated heterocycles. The van der Waals surface area contributed by atoms with E-state index in [1.54, 1.807) is 13.2 Å².